The fraction of sp³-hybridized carbons (Fsp3) is 1.00. The van der Waals surface area contributed by atoms with Crippen molar-refractivity contribution in [3.63, 3.8) is 0 Å². The Labute approximate surface area is 101 Å². The fourth-order valence-corrected chi connectivity index (χ4v) is 2.92. The number of epoxide rings is 1. The van der Waals surface area contributed by atoms with Crippen LogP contribution in [0.3, 0.4) is 0 Å². The Morgan fingerprint density at radius 2 is 2.06 bits per heavy atom. The zero-order valence-corrected chi connectivity index (χ0v) is 12.1. The van der Waals surface area contributed by atoms with Gasteiger partial charge in [-0.2, -0.15) is 0 Å². The first-order valence-electron chi connectivity index (χ1n) is 6.38. The van der Waals surface area contributed by atoms with Crippen molar-refractivity contribution in [3.05, 3.63) is 0 Å². The minimum Gasteiger partial charge on any atom is -0.415 e. The van der Waals surface area contributed by atoms with E-state index in [0.29, 0.717) is 12.2 Å². The van der Waals surface area contributed by atoms with Crippen LogP contribution in [0.15, 0.2) is 0 Å². The molecule has 1 aliphatic heterocycles. The summed E-state index contributed by atoms with van der Waals surface area (Å²) in [7, 11) is -1.38. The Morgan fingerprint density at radius 1 is 1.38 bits per heavy atom. The van der Waals surface area contributed by atoms with Crippen LogP contribution in [-0.4, -0.2) is 40.3 Å². The summed E-state index contributed by atoms with van der Waals surface area (Å²) in [6, 6.07) is 0. The lowest BCUT2D eigenvalue weighted by atomic mass is 10.1. The summed E-state index contributed by atoms with van der Waals surface area (Å²) >= 11 is 0. The lowest BCUT2D eigenvalue weighted by Gasteiger charge is -2.25. The van der Waals surface area contributed by atoms with E-state index in [9.17, 15) is 0 Å². The Hall–Kier alpha value is 0.0969. The van der Waals surface area contributed by atoms with E-state index in [1.54, 1.807) is 0 Å². The van der Waals surface area contributed by atoms with Gasteiger partial charge < -0.3 is 13.9 Å². The third kappa shape index (κ3) is 7.38. The van der Waals surface area contributed by atoms with E-state index in [1.165, 1.54) is 0 Å². The van der Waals surface area contributed by atoms with Crippen LogP contribution in [0, 0.1) is 0 Å². The van der Waals surface area contributed by atoms with E-state index in [2.05, 4.69) is 26.6 Å². The molecule has 16 heavy (non-hydrogen) atoms. The molecule has 96 valence electrons. The van der Waals surface area contributed by atoms with Crippen molar-refractivity contribution in [2.75, 3.05) is 19.8 Å². The molecule has 0 N–H and O–H groups in total. The van der Waals surface area contributed by atoms with Crippen LogP contribution >= 0.6 is 0 Å². The van der Waals surface area contributed by atoms with Gasteiger partial charge in [-0.25, -0.2) is 0 Å². The van der Waals surface area contributed by atoms with E-state index < -0.39 is 8.32 Å². The molecule has 2 atom stereocenters. The third-order valence-electron chi connectivity index (χ3n) is 2.50. The van der Waals surface area contributed by atoms with Crippen LogP contribution in [-0.2, 0) is 13.9 Å². The van der Waals surface area contributed by atoms with E-state index in [-0.39, 0.29) is 0 Å². The molecule has 2 unspecified atom stereocenters. The van der Waals surface area contributed by atoms with Gasteiger partial charge in [-0.1, -0.05) is 6.92 Å². The maximum atomic E-state index is 6.09. The summed E-state index contributed by atoms with van der Waals surface area (Å²) in [6.07, 6.45) is 4.13. The molecule has 4 heteroatoms. The number of rotatable bonds is 9. The highest BCUT2D eigenvalue weighted by Crippen LogP contribution is 2.15. The summed E-state index contributed by atoms with van der Waals surface area (Å²) in [5.41, 5.74) is 0. The first-order valence-corrected chi connectivity index (χ1v) is 9.79. The number of hydrogen-bond donors (Lipinski definition) is 0. The molecule has 1 heterocycles. The molecular weight excluding hydrogens is 220 g/mol. The zero-order chi connectivity index (χ0) is 12.0. The molecule has 0 saturated carbocycles. The Kier molecular flexibility index (Phi) is 5.96. The Balaban J connectivity index is 1.99. The Bertz CT molecular complexity index is 187. The summed E-state index contributed by atoms with van der Waals surface area (Å²) in [5, 5.41) is 0. The summed E-state index contributed by atoms with van der Waals surface area (Å²) < 4.78 is 16.7. The second-order valence-corrected chi connectivity index (χ2v) is 9.89. The molecule has 0 bridgehead atoms. The van der Waals surface area contributed by atoms with Gasteiger partial charge in [-0.3, -0.25) is 0 Å². The van der Waals surface area contributed by atoms with Crippen molar-refractivity contribution >= 4 is 8.32 Å². The SMILES string of the molecule is CCC(CCCOCC1CO1)O[Si](C)(C)C. The fourth-order valence-electron chi connectivity index (χ4n) is 1.64. The van der Waals surface area contributed by atoms with E-state index >= 15 is 0 Å². The zero-order valence-electron chi connectivity index (χ0n) is 11.1. The van der Waals surface area contributed by atoms with E-state index in [4.69, 9.17) is 13.9 Å². The molecule has 1 fully saturated rings. The minimum atomic E-state index is -1.38. The summed E-state index contributed by atoms with van der Waals surface area (Å²) in [5.74, 6) is 0. The highest BCUT2D eigenvalue weighted by atomic mass is 28.4. The van der Waals surface area contributed by atoms with Crippen LogP contribution in [0.4, 0.5) is 0 Å². The van der Waals surface area contributed by atoms with Crippen LogP contribution in [0.2, 0.25) is 19.6 Å². The Morgan fingerprint density at radius 3 is 2.56 bits per heavy atom. The lowest BCUT2D eigenvalue weighted by molar-refractivity contribution is 0.0987. The van der Waals surface area contributed by atoms with Gasteiger partial charge >= 0.3 is 0 Å². The van der Waals surface area contributed by atoms with Gasteiger partial charge in [-0.15, -0.1) is 0 Å². The van der Waals surface area contributed by atoms with Crippen molar-refractivity contribution in [1.82, 2.24) is 0 Å². The third-order valence-corrected chi connectivity index (χ3v) is 3.54. The molecule has 0 amide bonds. The molecule has 0 aliphatic carbocycles. The van der Waals surface area contributed by atoms with Crippen LogP contribution in [0.5, 0.6) is 0 Å². The molecule has 0 aromatic heterocycles. The van der Waals surface area contributed by atoms with Gasteiger partial charge in [-0.05, 0) is 38.9 Å². The maximum Gasteiger partial charge on any atom is 0.184 e. The largest absolute Gasteiger partial charge is 0.415 e. The molecule has 0 aromatic carbocycles. The molecule has 0 radical (unpaired) electrons. The van der Waals surface area contributed by atoms with Crippen LogP contribution in [0.25, 0.3) is 0 Å². The van der Waals surface area contributed by atoms with Gasteiger partial charge in [0.2, 0.25) is 0 Å². The summed E-state index contributed by atoms with van der Waals surface area (Å²) in [6.45, 7) is 11.4. The normalized spacial score (nSPS) is 22.1. The van der Waals surface area contributed by atoms with Crippen molar-refractivity contribution in [3.8, 4) is 0 Å². The second-order valence-electron chi connectivity index (χ2n) is 5.43. The van der Waals surface area contributed by atoms with Gasteiger partial charge in [0, 0.05) is 12.7 Å². The van der Waals surface area contributed by atoms with Gasteiger partial charge in [0.15, 0.2) is 8.32 Å². The molecule has 1 saturated heterocycles. The first-order chi connectivity index (χ1) is 7.51. The quantitative estimate of drug-likeness (QED) is 0.356. The van der Waals surface area contributed by atoms with Crippen molar-refractivity contribution in [2.45, 2.75) is 58.0 Å². The molecule has 0 spiro atoms. The van der Waals surface area contributed by atoms with E-state index in [1.807, 2.05) is 0 Å². The summed E-state index contributed by atoms with van der Waals surface area (Å²) in [4.78, 5) is 0. The molecule has 0 aromatic rings. The van der Waals surface area contributed by atoms with Gasteiger partial charge in [0.1, 0.15) is 6.10 Å². The monoisotopic (exact) mass is 246 g/mol. The first kappa shape index (κ1) is 14.2. The highest BCUT2D eigenvalue weighted by Gasteiger charge is 2.22. The molecular formula is C12H26O3Si. The predicted molar refractivity (Wildman–Crippen MR) is 68.3 cm³/mol. The lowest BCUT2D eigenvalue weighted by Crippen LogP contribution is -2.31. The van der Waals surface area contributed by atoms with Gasteiger partial charge in [0.25, 0.3) is 0 Å². The highest BCUT2D eigenvalue weighted by molar-refractivity contribution is 6.69. The molecule has 1 aliphatic rings. The number of hydrogen-bond acceptors (Lipinski definition) is 3. The molecule has 3 nitrogen and oxygen atoms in total. The topological polar surface area (TPSA) is 31.0 Å². The van der Waals surface area contributed by atoms with Crippen molar-refractivity contribution < 1.29 is 13.9 Å². The maximum absolute atomic E-state index is 6.09. The second kappa shape index (κ2) is 6.74. The minimum absolute atomic E-state index is 0.389. The van der Waals surface area contributed by atoms with Crippen molar-refractivity contribution in [2.24, 2.45) is 0 Å². The van der Waals surface area contributed by atoms with E-state index in [0.717, 1.165) is 39.1 Å². The smallest absolute Gasteiger partial charge is 0.184 e. The average Bonchev–Trinajstić information content (AvgIpc) is 2.97. The van der Waals surface area contributed by atoms with Crippen LogP contribution in [0.1, 0.15) is 26.2 Å². The van der Waals surface area contributed by atoms with Gasteiger partial charge in [0.05, 0.1) is 13.2 Å². The standard InChI is InChI=1S/C12H26O3Si/c1-5-11(15-16(2,3)4)7-6-8-13-9-12-10-14-12/h11-12H,5-10H2,1-4H3. The van der Waals surface area contributed by atoms with Crippen LogP contribution < -0.4 is 0 Å². The average molecular weight is 246 g/mol. The van der Waals surface area contributed by atoms with Crippen molar-refractivity contribution in [1.29, 1.82) is 0 Å². The number of ether oxygens (including phenoxy) is 2. The predicted octanol–water partition coefficient (Wildman–Crippen LogP) is 2.81. The molecule has 1 rings (SSSR count).